The van der Waals surface area contributed by atoms with Gasteiger partial charge in [0.15, 0.2) is 0 Å². The lowest BCUT2D eigenvalue weighted by Gasteiger charge is -2.39. The second-order valence-corrected chi connectivity index (χ2v) is 4.09. The minimum Gasteiger partial charge on any atom is -0.346 e. The number of hydrogen-bond acceptors (Lipinski definition) is 1. The molecule has 1 aromatic rings. The van der Waals surface area contributed by atoms with E-state index in [1.807, 2.05) is 6.92 Å². The molecule has 0 aliphatic carbocycles. The van der Waals surface area contributed by atoms with E-state index in [0.29, 0.717) is 11.4 Å². The molecule has 1 aliphatic rings. The maximum Gasteiger partial charge on any atom is 0.223 e. The second kappa shape index (κ2) is 2.95. The smallest absolute Gasteiger partial charge is 0.223 e. The predicted molar refractivity (Wildman–Crippen MR) is 51.5 cm³/mol. The quantitative estimate of drug-likeness (QED) is 0.712. The van der Waals surface area contributed by atoms with Crippen LogP contribution < -0.4 is 5.32 Å². The van der Waals surface area contributed by atoms with E-state index in [9.17, 15) is 9.18 Å². The van der Waals surface area contributed by atoms with Gasteiger partial charge in [-0.05, 0) is 24.6 Å². The number of carbonyl (C=O) groups excluding carboxylic acids is 1. The molecule has 0 spiro atoms. The molecular weight excluding hydrogens is 205 g/mol. The van der Waals surface area contributed by atoms with Gasteiger partial charge in [-0.25, -0.2) is 4.39 Å². The van der Waals surface area contributed by atoms with Crippen molar-refractivity contribution in [3.8, 4) is 0 Å². The molecule has 1 N–H and O–H groups in total. The molecule has 1 aromatic carbocycles. The van der Waals surface area contributed by atoms with E-state index in [4.69, 9.17) is 11.6 Å². The van der Waals surface area contributed by atoms with Crippen LogP contribution in [0.2, 0.25) is 5.02 Å². The lowest BCUT2D eigenvalue weighted by Crippen LogP contribution is -2.56. The fourth-order valence-corrected chi connectivity index (χ4v) is 2.09. The molecular formula is C10H9ClFNO. The summed E-state index contributed by atoms with van der Waals surface area (Å²) in [4.78, 5) is 10.8. The zero-order chi connectivity index (χ0) is 10.3. The summed E-state index contributed by atoms with van der Waals surface area (Å²) in [6.07, 6.45) is 0.401. The van der Waals surface area contributed by atoms with Crippen molar-refractivity contribution in [3.63, 3.8) is 0 Å². The van der Waals surface area contributed by atoms with E-state index < -0.39 is 5.54 Å². The molecule has 1 saturated heterocycles. The molecule has 1 unspecified atom stereocenters. The van der Waals surface area contributed by atoms with Crippen LogP contribution in [0.3, 0.4) is 0 Å². The maximum absolute atomic E-state index is 12.8. The number of hydrogen-bond donors (Lipinski definition) is 1. The molecule has 1 fully saturated rings. The number of rotatable bonds is 1. The van der Waals surface area contributed by atoms with Crippen LogP contribution in [0.15, 0.2) is 18.2 Å². The van der Waals surface area contributed by atoms with Gasteiger partial charge in [-0.1, -0.05) is 17.7 Å². The van der Waals surface area contributed by atoms with E-state index in [-0.39, 0.29) is 11.7 Å². The molecule has 0 radical (unpaired) electrons. The molecule has 2 nitrogen and oxygen atoms in total. The number of carbonyl (C=O) groups is 1. The highest BCUT2D eigenvalue weighted by Crippen LogP contribution is 2.35. The van der Waals surface area contributed by atoms with Gasteiger partial charge in [-0.15, -0.1) is 0 Å². The Kier molecular flexibility index (Phi) is 2.00. The van der Waals surface area contributed by atoms with Crippen molar-refractivity contribution in [3.05, 3.63) is 34.6 Å². The van der Waals surface area contributed by atoms with Gasteiger partial charge in [0.05, 0.1) is 12.0 Å². The zero-order valence-corrected chi connectivity index (χ0v) is 8.36. The minimum atomic E-state index is -0.429. The number of β-lactam (4-membered cyclic amide) rings is 1. The van der Waals surface area contributed by atoms with Crippen LogP contribution in [0.5, 0.6) is 0 Å². The molecule has 1 atom stereocenters. The predicted octanol–water partition coefficient (Wildman–Crippen LogP) is 2.21. The summed E-state index contributed by atoms with van der Waals surface area (Å²) in [6.45, 7) is 1.87. The third-order valence-electron chi connectivity index (χ3n) is 2.46. The third kappa shape index (κ3) is 1.38. The fourth-order valence-electron chi connectivity index (χ4n) is 1.71. The normalized spacial score (nSPS) is 25.5. The van der Waals surface area contributed by atoms with Crippen molar-refractivity contribution >= 4 is 17.5 Å². The molecule has 0 bridgehead atoms. The first-order valence-electron chi connectivity index (χ1n) is 4.28. The number of halogens is 2. The summed E-state index contributed by atoms with van der Waals surface area (Å²) in [6, 6.07) is 4.21. The molecule has 2 rings (SSSR count). The van der Waals surface area contributed by atoms with E-state index in [1.165, 1.54) is 12.1 Å². The summed E-state index contributed by atoms with van der Waals surface area (Å²) < 4.78 is 12.8. The van der Waals surface area contributed by atoms with Crippen molar-refractivity contribution in [1.82, 2.24) is 5.32 Å². The Morgan fingerprint density at radius 1 is 1.57 bits per heavy atom. The van der Waals surface area contributed by atoms with Crippen LogP contribution in [0.25, 0.3) is 0 Å². The molecule has 14 heavy (non-hydrogen) atoms. The van der Waals surface area contributed by atoms with E-state index in [0.717, 1.165) is 5.56 Å². The molecule has 1 aliphatic heterocycles. The first kappa shape index (κ1) is 9.46. The summed E-state index contributed by atoms with van der Waals surface area (Å²) in [5.74, 6) is -0.374. The van der Waals surface area contributed by atoms with Crippen LogP contribution in [0.4, 0.5) is 4.39 Å². The average molecular weight is 214 g/mol. The van der Waals surface area contributed by atoms with Gasteiger partial charge in [-0.2, -0.15) is 0 Å². The summed E-state index contributed by atoms with van der Waals surface area (Å²) in [5.41, 5.74) is 0.335. The third-order valence-corrected chi connectivity index (χ3v) is 2.77. The topological polar surface area (TPSA) is 29.1 Å². The fraction of sp³-hybridized carbons (Fsp3) is 0.300. The first-order valence-corrected chi connectivity index (χ1v) is 4.66. The molecule has 1 amide bonds. The van der Waals surface area contributed by atoms with E-state index in [1.54, 1.807) is 6.07 Å². The minimum absolute atomic E-state index is 0.00658. The SMILES string of the molecule is CC1(c2ccc(F)cc2Cl)CC(=O)N1. The lowest BCUT2D eigenvalue weighted by molar-refractivity contribution is -0.132. The Labute approximate surface area is 86.1 Å². The highest BCUT2D eigenvalue weighted by Gasteiger charge is 2.41. The Morgan fingerprint density at radius 2 is 2.21 bits per heavy atom. The Bertz CT molecular complexity index is 397. The molecule has 1 heterocycles. The molecule has 0 aromatic heterocycles. The van der Waals surface area contributed by atoms with Crippen LogP contribution in [0, 0.1) is 5.82 Å². The standard InChI is InChI=1S/C10H9ClFNO/c1-10(5-9(14)13-10)7-3-2-6(12)4-8(7)11/h2-4H,5H2,1H3,(H,13,14). The van der Waals surface area contributed by atoms with Crippen molar-refractivity contribution in [2.24, 2.45) is 0 Å². The number of amides is 1. The van der Waals surface area contributed by atoms with Gasteiger partial charge in [-0.3, -0.25) is 4.79 Å². The lowest BCUT2D eigenvalue weighted by atomic mass is 9.82. The van der Waals surface area contributed by atoms with Crippen LogP contribution in [-0.4, -0.2) is 5.91 Å². The Hall–Kier alpha value is -1.09. The number of benzene rings is 1. The molecule has 4 heteroatoms. The molecule has 0 saturated carbocycles. The summed E-state index contributed by atoms with van der Waals surface area (Å²) in [5, 5.41) is 3.10. The second-order valence-electron chi connectivity index (χ2n) is 3.68. The van der Waals surface area contributed by atoms with Gasteiger partial charge in [0.1, 0.15) is 5.82 Å². The van der Waals surface area contributed by atoms with Crippen LogP contribution in [0.1, 0.15) is 18.9 Å². The van der Waals surface area contributed by atoms with Crippen molar-refractivity contribution in [2.75, 3.05) is 0 Å². The summed E-state index contributed by atoms with van der Waals surface area (Å²) in [7, 11) is 0. The Balaban J connectivity index is 2.37. The Morgan fingerprint density at radius 3 is 2.71 bits per heavy atom. The van der Waals surface area contributed by atoms with E-state index in [2.05, 4.69) is 5.32 Å². The van der Waals surface area contributed by atoms with Crippen LogP contribution >= 0.6 is 11.6 Å². The van der Waals surface area contributed by atoms with Gasteiger partial charge >= 0.3 is 0 Å². The highest BCUT2D eigenvalue weighted by atomic mass is 35.5. The largest absolute Gasteiger partial charge is 0.346 e. The number of nitrogens with one attached hydrogen (secondary N) is 1. The van der Waals surface area contributed by atoms with Crippen molar-refractivity contribution in [1.29, 1.82) is 0 Å². The van der Waals surface area contributed by atoms with Crippen molar-refractivity contribution in [2.45, 2.75) is 18.9 Å². The monoisotopic (exact) mass is 213 g/mol. The zero-order valence-electron chi connectivity index (χ0n) is 7.60. The van der Waals surface area contributed by atoms with Crippen LogP contribution in [-0.2, 0) is 10.3 Å². The van der Waals surface area contributed by atoms with Gasteiger partial charge < -0.3 is 5.32 Å². The van der Waals surface area contributed by atoms with Gasteiger partial charge in [0.2, 0.25) is 5.91 Å². The average Bonchev–Trinajstić information content (AvgIpc) is 2.00. The molecule has 74 valence electrons. The highest BCUT2D eigenvalue weighted by molar-refractivity contribution is 6.31. The summed E-state index contributed by atoms with van der Waals surface area (Å²) >= 11 is 5.88. The van der Waals surface area contributed by atoms with Gasteiger partial charge in [0.25, 0.3) is 0 Å². The van der Waals surface area contributed by atoms with Crippen molar-refractivity contribution < 1.29 is 9.18 Å². The maximum atomic E-state index is 12.8. The van der Waals surface area contributed by atoms with Gasteiger partial charge in [0, 0.05) is 5.02 Å². The first-order chi connectivity index (χ1) is 6.51. The van der Waals surface area contributed by atoms with E-state index >= 15 is 0 Å².